The van der Waals surface area contributed by atoms with Crippen LogP contribution in [0.25, 0.3) is 5.69 Å². The molecule has 1 unspecified atom stereocenters. The topological polar surface area (TPSA) is 67.2 Å². The van der Waals surface area contributed by atoms with Crippen molar-refractivity contribution >= 4 is 29.4 Å². The Morgan fingerprint density at radius 3 is 2.55 bits per heavy atom. The lowest BCUT2D eigenvalue weighted by molar-refractivity contribution is -0.122. The van der Waals surface area contributed by atoms with Crippen molar-refractivity contribution in [3.63, 3.8) is 0 Å². The van der Waals surface area contributed by atoms with Gasteiger partial charge in [0.15, 0.2) is 0 Å². The maximum absolute atomic E-state index is 15.3. The van der Waals surface area contributed by atoms with Crippen molar-refractivity contribution in [1.29, 1.82) is 0 Å². The first-order valence-electron chi connectivity index (χ1n) is 14.2. The lowest BCUT2D eigenvalue weighted by atomic mass is 9.87. The number of nitrogens with one attached hydrogen (secondary N) is 1. The highest BCUT2D eigenvalue weighted by Gasteiger charge is 2.40. The molecule has 4 rings (SSSR count). The van der Waals surface area contributed by atoms with Gasteiger partial charge in [0.1, 0.15) is 18.2 Å². The Kier molecular flexibility index (Phi) is 9.39. The summed E-state index contributed by atoms with van der Waals surface area (Å²) in [4.78, 5) is 28.5. The zero-order valence-corrected chi connectivity index (χ0v) is 25.3. The smallest absolute Gasteiger partial charge is 0.240 e. The Bertz CT molecular complexity index is 1380. The number of aromatic nitrogens is 2. The lowest BCUT2D eigenvalue weighted by Crippen LogP contribution is -2.42. The van der Waals surface area contributed by atoms with Gasteiger partial charge in [-0.25, -0.2) is 9.07 Å². The van der Waals surface area contributed by atoms with Crippen molar-refractivity contribution in [1.82, 2.24) is 15.1 Å². The second-order valence-electron chi connectivity index (χ2n) is 11.6. The van der Waals surface area contributed by atoms with E-state index in [0.29, 0.717) is 17.9 Å². The van der Waals surface area contributed by atoms with E-state index in [-0.39, 0.29) is 29.9 Å². The first kappa shape index (κ1) is 29.8. The third-order valence-corrected chi connectivity index (χ3v) is 8.46. The summed E-state index contributed by atoms with van der Waals surface area (Å²) in [6, 6.07) is 12.8. The summed E-state index contributed by atoms with van der Waals surface area (Å²) in [7, 11) is 0. The van der Waals surface area contributed by atoms with Gasteiger partial charge in [-0.3, -0.25) is 14.5 Å². The SMILES string of the molecule is CCCCCCNC(=O)CN1C(=O)CSC(c2ccccc2F)c2c(C(C)(C)C)nn(-c3ccc(C)cc3C)c21. The van der Waals surface area contributed by atoms with E-state index in [1.165, 1.54) is 17.8 Å². The largest absolute Gasteiger partial charge is 0.355 e. The number of carbonyl (C=O) groups excluding carboxylic acids is 2. The van der Waals surface area contributed by atoms with Crippen LogP contribution >= 0.6 is 11.8 Å². The van der Waals surface area contributed by atoms with Gasteiger partial charge in [-0.2, -0.15) is 5.10 Å². The number of fused-ring (bicyclic) bond motifs is 1. The highest BCUT2D eigenvalue weighted by molar-refractivity contribution is 8.00. The number of amides is 2. The quantitative estimate of drug-likeness (QED) is 0.291. The molecule has 0 spiro atoms. The fourth-order valence-corrected chi connectivity index (χ4v) is 6.42. The van der Waals surface area contributed by atoms with Crippen LogP contribution in [0, 0.1) is 19.7 Å². The average molecular weight is 565 g/mol. The van der Waals surface area contributed by atoms with Crippen LogP contribution in [-0.2, 0) is 15.0 Å². The van der Waals surface area contributed by atoms with E-state index < -0.39 is 10.7 Å². The number of nitrogens with zero attached hydrogens (tertiary/aromatic N) is 3. The van der Waals surface area contributed by atoms with Crippen LogP contribution in [0.2, 0.25) is 0 Å². The molecular formula is C32H41FN4O2S. The molecule has 0 bridgehead atoms. The number of hydrogen-bond donors (Lipinski definition) is 1. The fraction of sp³-hybridized carbons (Fsp3) is 0.469. The standard InChI is InChI=1S/C32H41FN4O2S/c1-7-8-9-12-17-34-26(38)19-36-27(39)20-40-29(23-13-10-11-14-24(23)33)28-30(32(4,5)6)35-37(31(28)36)25-16-15-21(2)18-22(25)3/h10-11,13-16,18,29H,7-9,12,17,19-20H2,1-6H3,(H,34,38). The van der Waals surface area contributed by atoms with Crippen LogP contribution < -0.4 is 10.2 Å². The molecule has 1 aliphatic heterocycles. The summed E-state index contributed by atoms with van der Waals surface area (Å²) in [5.41, 5.74) is 4.61. The van der Waals surface area contributed by atoms with Crippen molar-refractivity contribution < 1.29 is 14.0 Å². The fourth-order valence-electron chi connectivity index (χ4n) is 5.20. The number of carbonyl (C=O) groups is 2. The van der Waals surface area contributed by atoms with Gasteiger partial charge in [0.05, 0.1) is 22.4 Å². The van der Waals surface area contributed by atoms with Crippen LogP contribution in [0.15, 0.2) is 42.5 Å². The normalized spacial score (nSPS) is 15.6. The van der Waals surface area contributed by atoms with Gasteiger partial charge >= 0.3 is 0 Å². The van der Waals surface area contributed by atoms with Gasteiger partial charge in [0.25, 0.3) is 0 Å². The molecule has 1 aromatic heterocycles. The molecule has 1 N–H and O–H groups in total. The summed E-state index contributed by atoms with van der Waals surface area (Å²) in [6.45, 7) is 12.9. The van der Waals surface area contributed by atoms with Crippen LogP contribution in [0.4, 0.5) is 10.2 Å². The van der Waals surface area contributed by atoms with E-state index in [1.807, 2.05) is 32.0 Å². The molecule has 0 saturated carbocycles. The number of halogens is 1. The van der Waals surface area contributed by atoms with E-state index in [4.69, 9.17) is 5.10 Å². The zero-order chi connectivity index (χ0) is 29.0. The maximum atomic E-state index is 15.3. The Morgan fingerprint density at radius 1 is 1.12 bits per heavy atom. The van der Waals surface area contributed by atoms with Gasteiger partial charge in [0, 0.05) is 23.1 Å². The molecule has 3 aromatic rings. The molecule has 0 radical (unpaired) electrons. The van der Waals surface area contributed by atoms with Crippen molar-refractivity contribution in [3.8, 4) is 5.69 Å². The van der Waals surface area contributed by atoms with Gasteiger partial charge in [-0.15, -0.1) is 11.8 Å². The first-order chi connectivity index (χ1) is 19.0. The molecule has 40 heavy (non-hydrogen) atoms. The molecule has 0 fully saturated rings. The van der Waals surface area contributed by atoms with Gasteiger partial charge < -0.3 is 5.32 Å². The summed E-state index contributed by atoms with van der Waals surface area (Å²) in [6.07, 6.45) is 4.21. The minimum Gasteiger partial charge on any atom is -0.355 e. The van der Waals surface area contributed by atoms with Crippen LogP contribution in [-0.4, -0.2) is 40.4 Å². The minimum atomic E-state index is -0.462. The van der Waals surface area contributed by atoms with E-state index in [0.717, 1.165) is 53.8 Å². The van der Waals surface area contributed by atoms with Crippen LogP contribution in [0.3, 0.4) is 0 Å². The highest BCUT2D eigenvalue weighted by Crippen LogP contribution is 2.49. The summed E-state index contributed by atoms with van der Waals surface area (Å²) in [5, 5.41) is 7.65. The molecule has 2 amide bonds. The Morgan fingerprint density at radius 2 is 1.88 bits per heavy atom. The third kappa shape index (κ3) is 6.43. The number of hydrogen-bond acceptors (Lipinski definition) is 4. The monoisotopic (exact) mass is 564 g/mol. The summed E-state index contributed by atoms with van der Waals surface area (Å²) >= 11 is 1.39. The minimum absolute atomic E-state index is 0.119. The molecule has 0 aliphatic carbocycles. The molecular weight excluding hydrogens is 523 g/mol. The number of aryl methyl sites for hydroxylation is 2. The highest BCUT2D eigenvalue weighted by atomic mass is 32.2. The Labute approximate surface area is 241 Å². The lowest BCUT2D eigenvalue weighted by Gasteiger charge is -2.25. The summed E-state index contributed by atoms with van der Waals surface area (Å²) in [5.74, 6) is -0.0704. The molecule has 1 aliphatic rings. The molecule has 2 aromatic carbocycles. The second-order valence-corrected chi connectivity index (χ2v) is 12.7. The van der Waals surface area contributed by atoms with E-state index in [2.05, 4.69) is 39.1 Å². The second kappa shape index (κ2) is 12.6. The Balaban J connectivity index is 1.90. The number of thioether (sulfide) groups is 1. The number of unbranched alkanes of at least 4 members (excludes halogenated alkanes) is 3. The van der Waals surface area contributed by atoms with Crippen molar-refractivity contribution in [2.45, 2.75) is 77.9 Å². The van der Waals surface area contributed by atoms with Crippen molar-refractivity contribution in [2.75, 3.05) is 23.7 Å². The zero-order valence-electron chi connectivity index (χ0n) is 24.5. The first-order valence-corrected chi connectivity index (χ1v) is 15.2. The predicted molar refractivity (Wildman–Crippen MR) is 162 cm³/mol. The van der Waals surface area contributed by atoms with E-state index in [9.17, 15) is 9.59 Å². The van der Waals surface area contributed by atoms with Gasteiger partial charge in [-0.05, 0) is 38.0 Å². The molecule has 6 nitrogen and oxygen atoms in total. The van der Waals surface area contributed by atoms with Crippen LogP contribution in [0.5, 0.6) is 0 Å². The number of anilines is 1. The molecule has 214 valence electrons. The Hall–Kier alpha value is -3.13. The third-order valence-electron chi connectivity index (χ3n) is 7.22. The van der Waals surface area contributed by atoms with E-state index >= 15 is 4.39 Å². The summed E-state index contributed by atoms with van der Waals surface area (Å²) < 4.78 is 17.1. The number of benzene rings is 2. The molecule has 0 saturated heterocycles. The van der Waals surface area contributed by atoms with E-state index in [1.54, 1.807) is 21.7 Å². The van der Waals surface area contributed by atoms with Crippen LogP contribution in [0.1, 0.15) is 86.6 Å². The van der Waals surface area contributed by atoms with Gasteiger partial charge in [0.2, 0.25) is 11.8 Å². The molecule has 1 atom stereocenters. The number of rotatable bonds is 9. The van der Waals surface area contributed by atoms with Crippen molar-refractivity contribution in [3.05, 3.63) is 76.2 Å². The van der Waals surface area contributed by atoms with Gasteiger partial charge in [-0.1, -0.05) is 82.9 Å². The molecule has 2 heterocycles. The van der Waals surface area contributed by atoms with Crippen molar-refractivity contribution in [2.24, 2.45) is 0 Å². The molecule has 8 heteroatoms. The average Bonchev–Trinajstić information content (AvgIpc) is 3.22. The maximum Gasteiger partial charge on any atom is 0.240 e. The predicted octanol–water partition coefficient (Wildman–Crippen LogP) is 6.79.